The van der Waals surface area contributed by atoms with Crippen LogP contribution in [0.25, 0.3) is 94.0 Å². The van der Waals surface area contributed by atoms with Gasteiger partial charge in [-0.05, 0) is 85.1 Å². The van der Waals surface area contributed by atoms with E-state index in [4.69, 9.17) is 8.83 Å². The lowest BCUT2D eigenvalue weighted by Crippen LogP contribution is -2.02. The van der Waals surface area contributed by atoms with E-state index in [2.05, 4.69) is 130 Å². The number of rotatable bonds is 2. The Labute approximate surface area is 263 Å². The minimum Gasteiger partial charge on any atom is -0.455 e. The highest BCUT2D eigenvalue weighted by atomic mass is 16.3. The highest BCUT2D eigenvalue weighted by Gasteiger charge is 2.24. The number of benzene rings is 6. The molecular weight excluding hydrogens is 564 g/mol. The van der Waals surface area contributed by atoms with Crippen molar-refractivity contribution in [2.24, 2.45) is 0 Å². The van der Waals surface area contributed by atoms with Gasteiger partial charge in [-0.25, -0.2) is 0 Å². The maximum Gasteiger partial charge on any atom is 0.145 e. The first-order chi connectivity index (χ1) is 22.8. The van der Waals surface area contributed by atoms with E-state index in [0.29, 0.717) is 0 Å². The second-order valence-electron chi connectivity index (χ2n) is 12.4. The van der Waals surface area contributed by atoms with Crippen molar-refractivity contribution in [3.8, 4) is 11.4 Å². The topological polar surface area (TPSA) is 36.1 Å². The van der Waals surface area contributed by atoms with E-state index in [0.717, 1.165) is 73.7 Å². The number of hydrogen-bond donors (Lipinski definition) is 0. The third kappa shape index (κ3) is 3.08. The molecule has 10 aromatic rings. The van der Waals surface area contributed by atoms with Crippen LogP contribution in [-0.2, 0) is 6.42 Å². The van der Waals surface area contributed by atoms with Crippen LogP contribution in [0, 0.1) is 0 Å². The monoisotopic (exact) mass is 590 g/mol. The molecule has 216 valence electrons. The molecule has 0 amide bonds. The van der Waals surface area contributed by atoms with Crippen molar-refractivity contribution in [3.05, 3.63) is 139 Å². The van der Waals surface area contributed by atoms with Crippen LogP contribution in [0.4, 0.5) is 0 Å². The van der Waals surface area contributed by atoms with Gasteiger partial charge in [0.25, 0.3) is 0 Å². The smallest absolute Gasteiger partial charge is 0.145 e. The number of aryl methyl sites for hydroxylation is 1. The lowest BCUT2D eigenvalue weighted by atomic mass is 9.99. The third-order valence-electron chi connectivity index (χ3n) is 9.98. The zero-order chi connectivity index (χ0) is 29.9. The van der Waals surface area contributed by atoms with Crippen LogP contribution < -0.4 is 0 Å². The van der Waals surface area contributed by atoms with E-state index < -0.39 is 0 Å². The van der Waals surface area contributed by atoms with E-state index in [1.54, 1.807) is 0 Å². The lowest BCUT2D eigenvalue weighted by molar-refractivity contribution is 0.672. The van der Waals surface area contributed by atoms with Gasteiger partial charge in [-0.1, -0.05) is 66.7 Å². The Balaban J connectivity index is 1.20. The van der Waals surface area contributed by atoms with Crippen LogP contribution in [0.2, 0.25) is 0 Å². The fourth-order valence-corrected chi connectivity index (χ4v) is 8.06. The summed E-state index contributed by atoms with van der Waals surface area (Å²) in [5, 5.41) is 8.19. The van der Waals surface area contributed by atoms with E-state index in [9.17, 15) is 0 Å². The summed E-state index contributed by atoms with van der Waals surface area (Å²) in [5.74, 6) is 0. The fraction of sp³-hybridized carbons (Fsp3) is 0.0476. The number of para-hydroxylation sites is 3. The van der Waals surface area contributed by atoms with Crippen molar-refractivity contribution in [1.82, 2.24) is 9.13 Å². The van der Waals surface area contributed by atoms with E-state index >= 15 is 0 Å². The first-order valence-electron chi connectivity index (χ1n) is 15.9. The number of nitrogens with zero attached hydrogens (tertiary/aromatic N) is 2. The molecular formula is C42H26N2O2. The van der Waals surface area contributed by atoms with Crippen molar-refractivity contribution in [2.75, 3.05) is 0 Å². The van der Waals surface area contributed by atoms with Crippen LogP contribution in [0.15, 0.2) is 136 Å². The Morgan fingerprint density at radius 2 is 1.09 bits per heavy atom. The second-order valence-corrected chi connectivity index (χ2v) is 12.4. The Morgan fingerprint density at radius 3 is 1.83 bits per heavy atom. The third-order valence-corrected chi connectivity index (χ3v) is 9.98. The number of hydrogen-bond acceptors (Lipinski definition) is 2. The number of fused-ring (bicyclic) bond motifs is 14. The van der Waals surface area contributed by atoms with Crippen LogP contribution in [-0.4, -0.2) is 9.13 Å². The van der Waals surface area contributed by atoms with E-state index in [-0.39, 0.29) is 0 Å². The van der Waals surface area contributed by atoms with Crippen molar-refractivity contribution in [2.45, 2.75) is 12.8 Å². The van der Waals surface area contributed by atoms with Crippen LogP contribution in [0.3, 0.4) is 0 Å². The Hall–Kier alpha value is -6.00. The van der Waals surface area contributed by atoms with Crippen molar-refractivity contribution in [1.29, 1.82) is 0 Å². The molecule has 6 aromatic carbocycles. The van der Waals surface area contributed by atoms with Gasteiger partial charge in [0.2, 0.25) is 0 Å². The van der Waals surface area contributed by atoms with Gasteiger partial charge in [0.15, 0.2) is 0 Å². The second kappa shape index (κ2) is 8.80. The van der Waals surface area contributed by atoms with Crippen molar-refractivity contribution < 1.29 is 8.83 Å². The molecule has 11 rings (SSSR count). The first kappa shape index (κ1) is 24.3. The van der Waals surface area contributed by atoms with Crippen LogP contribution in [0.5, 0.6) is 0 Å². The molecule has 1 aliphatic carbocycles. The molecule has 0 aliphatic heterocycles. The highest BCUT2D eigenvalue weighted by Crippen LogP contribution is 2.43. The lowest BCUT2D eigenvalue weighted by Gasteiger charge is -2.14. The van der Waals surface area contributed by atoms with E-state index in [1.165, 1.54) is 38.3 Å². The summed E-state index contributed by atoms with van der Waals surface area (Å²) in [6.45, 7) is 0. The maximum absolute atomic E-state index is 6.57. The molecule has 1 aliphatic rings. The summed E-state index contributed by atoms with van der Waals surface area (Å²) in [4.78, 5) is 0. The van der Waals surface area contributed by atoms with Crippen molar-refractivity contribution in [3.63, 3.8) is 0 Å². The highest BCUT2D eigenvalue weighted by molar-refractivity contribution is 6.24. The average molecular weight is 591 g/mol. The molecule has 4 heteroatoms. The summed E-state index contributed by atoms with van der Waals surface area (Å²) in [6, 6.07) is 43.2. The molecule has 46 heavy (non-hydrogen) atoms. The molecule has 0 spiro atoms. The molecule has 0 N–H and O–H groups in total. The summed E-state index contributed by atoms with van der Waals surface area (Å²) in [5.41, 5.74) is 12.1. The molecule has 4 nitrogen and oxygen atoms in total. The zero-order valence-electron chi connectivity index (χ0n) is 24.8. The van der Waals surface area contributed by atoms with Gasteiger partial charge in [0.1, 0.15) is 22.3 Å². The Kier molecular flexibility index (Phi) is 4.66. The minimum absolute atomic E-state index is 0.916. The van der Waals surface area contributed by atoms with Crippen molar-refractivity contribution >= 4 is 82.7 Å². The van der Waals surface area contributed by atoms with Crippen LogP contribution in [0.1, 0.15) is 17.7 Å². The summed E-state index contributed by atoms with van der Waals surface area (Å²) in [7, 11) is 0. The Morgan fingerprint density at radius 1 is 0.478 bits per heavy atom. The largest absolute Gasteiger partial charge is 0.455 e. The first-order valence-corrected chi connectivity index (χ1v) is 15.9. The SMILES string of the molecule is C1=Cc2c(c3c4oc5ccccc5c4ccc3n2-c2cccc(-n3c4ccccc4c4c5oc6ccccc6c5ccc43)c2)CC1. The van der Waals surface area contributed by atoms with E-state index in [1.807, 2.05) is 12.1 Å². The number of allylic oxidation sites excluding steroid dienone is 1. The maximum atomic E-state index is 6.57. The van der Waals surface area contributed by atoms with Gasteiger partial charge in [0.05, 0.1) is 21.9 Å². The molecule has 0 bridgehead atoms. The molecule has 0 radical (unpaired) electrons. The predicted molar refractivity (Wildman–Crippen MR) is 190 cm³/mol. The summed E-state index contributed by atoms with van der Waals surface area (Å²) in [6.07, 6.45) is 6.60. The molecule has 0 unspecified atom stereocenters. The van der Waals surface area contributed by atoms with Gasteiger partial charge in [-0.15, -0.1) is 0 Å². The predicted octanol–water partition coefficient (Wildman–Crippen LogP) is 11.5. The zero-order valence-corrected chi connectivity index (χ0v) is 24.8. The molecule has 0 saturated carbocycles. The minimum atomic E-state index is 0.916. The van der Waals surface area contributed by atoms with Gasteiger partial charge >= 0.3 is 0 Å². The molecule has 0 atom stereocenters. The molecule has 0 saturated heterocycles. The van der Waals surface area contributed by atoms with Gasteiger partial charge in [-0.3, -0.25) is 0 Å². The van der Waals surface area contributed by atoms with Gasteiger partial charge in [-0.2, -0.15) is 0 Å². The normalized spacial score (nSPS) is 13.4. The Bertz CT molecular complexity index is 2920. The molecule has 0 fully saturated rings. The molecule has 4 heterocycles. The molecule has 4 aromatic heterocycles. The quantitative estimate of drug-likeness (QED) is 0.201. The van der Waals surface area contributed by atoms with Crippen LogP contribution >= 0.6 is 0 Å². The summed E-state index contributed by atoms with van der Waals surface area (Å²) >= 11 is 0. The van der Waals surface area contributed by atoms with Gasteiger partial charge in [0, 0.05) is 49.4 Å². The number of furan rings is 2. The summed E-state index contributed by atoms with van der Waals surface area (Å²) < 4.78 is 17.9. The number of aromatic nitrogens is 2. The van der Waals surface area contributed by atoms with Gasteiger partial charge < -0.3 is 18.0 Å². The standard InChI is InChI=1S/C42H26N2O2/c1-5-16-33-31(14-1)39-35(22-20-29-27-12-3-7-18-37(27)45-41(29)39)43(33)25-10-9-11-26(24-25)44-34-17-6-2-15-32(34)40-36(44)23-21-30-28-13-4-8-19-38(28)46-42(30)40/h1,3-14,16-24H,2,15H2. The fourth-order valence-electron chi connectivity index (χ4n) is 8.06. The average Bonchev–Trinajstić information content (AvgIpc) is 3.85.